The Bertz CT molecular complexity index is 984. The quantitative estimate of drug-likeness (QED) is 0.637. The van der Waals surface area contributed by atoms with Crippen LogP contribution in [0.4, 0.5) is 11.6 Å². The van der Waals surface area contributed by atoms with Crippen LogP contribution < -0.4 is 9.80 Å². The highest BCUT2D eigenvalue weighted by molar-refractivity contribution is 5.80. The highest BCUT2D eigenvalue weighted by atomic mass is 16.2. The maximum absolute atomic E-state index is 13.2. The Morgan fingerprint density at radius 1 is 0.871 bits per heavy atom. The number of hydrogen-bond acceptors (Lipinski definition) is 7. The number of amides is 1. The SMILES string of the molecule is O=C(C1CCCN(c2ccc(-n3ccnc3)nn2)C1)N1CCN(c2ccccn2)CC1. The van der Waals surface area contributed by atoms with Crippen LogP contribution in [0.5, 0.6) is 0 Å². The summed E-state index contributed by atoms with van der Waals surface area (Å²) in [6, 6.07) is 9.86. The van der Waals surface area contributed by atoms with Gasteiger partial charge in [-0.1, -0.05) is 6.07 Å². The predicted octanol–water partition coefficient (Wildman–Crippen LogP) is 1.62. The number of carbonyl (C=O) groups excluding carboxylic acids is 1. The number of nitrogens with zero attached hydrogens (tertiary/aromatic N) is 8. The normalized spacial score (nSPS) is 19.5. The van der Waals surface area contributed by atoms with Gasteiger partial charge < -0.3 is 14.7 Å². The molecule has 31 heavy (non-hydrogen) atoms. The van der Waals surface area contributed by atoms with Gasteiger partial charge in [-0.15, -0.1) is 10.2 Å². The lowest BCUT2D eigenvalue weighted by Gasteiger charge is -2.39. The van der Waals surface area contributed by atoms with Crippen LogP contribution in [0, 0.1) is 5.92 Å². The van der Waals surface area contributed by atoms with Gasteiger partial charge in [0, 0.05) is 57.9 Å². The Hall–Kier alpha value is -3.49. The number of rotatable bonds is 4. The largest absolute Gasteiger partial charge is 0.354 e. The fraction of sp³-hybridized carbons (Fsp3) is 0.409. The maximum Gasteiger partial charge on any atom is 0.227 e. The molecule has 2 aliphatic rings. The van der Waals surface area contributed by atoms with Crippen LogP contribution in [-0.4, -0.2) is 74.8 Å². The summed E-state index contributed by atoms with van der Waals surface area (Å²) >= 11 is 0. The smallest absolute Gasteiger partial charge is 0.227 e. The van der Waals surface area contributed by atoms with Gasteiger partial charge >= 0.3 is 0 Å². The van der Waals surface area contributed by atoms with Crippen LogP contribution >= 0.6 is 0 Å². The van der Waals surface area contributed by atoms with Crippen molar-refractivity contribution < 1.29 is 4.79 Å². The van der Waals surface area contributed by atoms with Crippen molar-refractivity contribution in [2.45, 2.75) is 12.8 Å². The van der Waals surface area contributed by atoms with Crippen molar-refractivity contribution in [1.82, 2.24) is 29.6 Å². The second-order valence-corrected chi connectivity index (χ2v) is 8.01. The molecule has 0 saturated carbocycles. The molecule has 0 spiro atoms. The molecule has 2 fully saturated rings. The fourth-order valence-corrected chi connectivity index (χ4v) is 4.36. The zero-order valence-corrected chi connectivity index (χ0v) is 17.4. The van der Waals surface area contributed by atoms with Crippen LogP contribution in [0.2, 0.25) is 0 Å². The zero-order chi connectivity index (χ0) is 21.0. The summed E-state index contributed by atoms with van der Waals surface area (Å²) in [6.07, 6.45) is 8.98. The van der Waals surface area contributed by atoms with Crippen molar-refractivity contribution in [3.05, 3.63) is 55.2 Å². The summed E-state index contributed by atoms with van der Waals surface area (Å²) in [5.74, 6) is 2.80. The molecule has 0 aromatic carbocycles. The van der Waals surface area contributed by atoms with Crippen LogP contribution in [0.15, 0.2) is 55.2 Å². The lowest BCUT2D eigenvalue weighted by molar-refractivity contribution is -0.136. The van der Waals surface area contributed by atoms with Crippen LogP contribution in [0.3, 0.4) is 0 Å². The highest BCUT2D eigenvalue weighted by Crippen LogP contribution is 2.24. The lowest BCUT2D eigenvalue weighted by atomic mass is 9.96. The van der Waals surface area contributed by atoms with E-state index in [-0.39, 0.29) is 11.8 Å². The van der Waals surface area contributed by atoms with Gasteiger partial charge in [-0.25, -0.2) is 9.97 Å². The molecule has 2 aliphatic heterocycles. The summed E-state index contributed by atoms with van der Waals surface area (Å²) < 4.78 is 1.82. The summed E-state index contributed by atoms with van der Waals surface area (Å²) in [4.78, 5) is 28.1. The standard InChI is InChI=1S/C22H26N8O/c31-22(28-14-12-27(13-15-28)19-5-1-2-8-24-19)18-4-3-10-29(16-18)20-6-7-21(26-25-20)30-11-9-23-17-30/h1-2,5-9,11,17-18H,3-4,10,12-16H2. The van der Waals surface area contributed by atoms with Crippen LogP contribution in [0.1, 0.15) is 12.8 Å². The van der Waals surface area contributed by atoms with E-state index >= 15 is 0 Å². The summed E-state index contributed by atoms with van der Waals surface area (Å²) in [6.45, 7) is 4.71. The monoisotopic (exact) mass is 418 g/mol. The first-order valence-corrected chi connectivity index (χ1v) is 10.8. The first-order valence-electron chi connectivity index (χ1n) is 10.8. The first-order chi connectivity index (χ1) is 15.3. The Labute approximate surface area is 181 Å². The number of piperazine rings is 1. The molecule has 0 aliphatic carbocycles. The minimum Gasteiger partial charge on any atom is -0.354 e. The van der Waals surface area contributed by atoms with Crippen molar-refractivity contribution in [2.75, 3.05) is 49.1 Å². The molecule has 5 rings (SSSR count). The van der Waals surface area contributed by atoms with Crippen LogP contribution in [0.25, 0.3) is 5.82 Å². The minimum absolute atomic E-state index is 0.00488. The molecule has 1 amide bonds. The fourth-order valence-electron chi connectivity index (χ4n) is 4.36. The Balaban J connectivity index is 1.19. The van der Waals surface area contributed by atoms with Crippen molar-refractivity contribution in [1.29, 1.82) is 0 Å². The first kappa shape index (κ1) is 19.5. The van der Waals surface area contributed by atoms with E-state index in [0.29, 0.717) is 6.54 Å². The number of imidazole rings is 1. The van der Waals surface area contributed by atoms with Gasteiger partial charge in [-0.2, -0.15) is 0 Å². The molecule has 2 saturated heterocycles. The second-order valence-electron chi connectivity index (χ2n) is 8.01. The van der Waals surface area contributed by atoms with Crippen molar-refractivity contribution >= 4 is 17.5 Å². The number of hydrogen-bond donors (Lipinski definition) is 0. The average Bonchev–Trinajstić information content (AvgIpc) is 3.40. The van der Waals surface area contributed by atoms with E-state index in [9.17, 15) is 4.79 Å². The number of piperidine rings is 1. The maximum atomic E-state index is 13.2. The number of carbonyl (C=O) groups is 1. The van der Waals surface area contributed by atoms with E-state index < -0.39 is 0 Å². The topological polar surface area (TPSA) is 83.3 Å². The van der Waals surface area contributed by atoms with E-state index in [2.05, 4.69) is 30.0 Å². The van der Waals surface area contributed by atoms with E-state index in [1.165, 1.54) is 0 Å². The van der Waals surface area contributed by atoms with E-state index in [0.717, 1.165) is 63.0 Å². The number of aromatic nitrogens is 5. The molecule has 3 aromatic heterocycles. The van der Waals surface area contributed by atoms with Gasteiger partial charge in [0.25, 0.3) is 0 Å². The molecule has 9 heteroatoms. The van der Waals surface area contributed by atoms with Gasteiger partial charge in [0.05, 0.1) is 5.92 Å². The van der Waals surface area contributed by atoms with Gasteiger partial charge in [0.2, 0.25) is 5.91 Å². The zero-order valence-electron chi connectivity index (χ0n) is 17.4. The molecule has 1 unspecified atom stereocenters. The summed E-state index contributed by atoms with van der Waals surface area (Å²) in [5.41, 5.74) is 0. The third-order valence-electron chi connectivity index (χ3n) is 6.06. The predicted molar refractivity (Wildman–Crippen MR) is 117 cm³/mol. The Morgan fingerprint density at radius 3 is 2.42 bits per heavy atom. The molecule has 5 heterocycles. The molecule has 3 aromatic rings. The minimum atomic E-state index is 0.00488. The molecular weight excluding hydrogens is 392 g/mol. The highest BCUT2D eigenvalue weighted by Gasteiger charge is 2.31. The lowest BCUT2D eigenvalue weighted by Crippen LogP contribution is -2.52. The Kier molecular flexibility index (Phi) is 5.47. The Morgan fingerprint density at radius 2 is 1.71 bits per heavy atom. The van der Waals surface area contributed by atoms with Crippen molar-refractivity contribution in [2.24, 2.45) is 5.92 Å². The molecule has 160 valence electrons. The van der Waals surface area contributed by atoms with E-state index in [4.69, 9.17) is 0 Å². The third-order valence-corrected chi connectivity index (χ3v) is 6.06. The molecule has 9 nitrogen and oxygen atoms in total. The molecule has 0 radical (unpaired) electrons. The average molecular weight is 419 g/mol. The van der Waals surface area contributed by atoms with E-state index in [1.54, 1.807) is 12.5 Å². The number of pyridine rings is 1. The molecular formula is C22H26N8O. The van der Waals surface area contributed by atoms with Gasteiger partial charge in [-0.05, 0) is 37.1 Å². The van der Waals surface area contributed by atoms with Crippen molar-refractivity contribution in [3.63, 3.8) is 0 Å². The second kappa shape index (κ2) is 8.71. The number of anilines is 2. The third kappa shape index (κ3) is 4.21. The molecule has 0 bridgehead atoms. The van der Waals surface area contributed by atoms with Crippen molar-refractivity contribution in [3.8, 4) is 5.82 Å². The van der Waals surface area contributed by atoms with E-state index in [1.807, 2.05) is 52.2 Å². The van der Waals surface area contributed by atoms with Gasteiger partial charge in [-0.3, -0.25) is 9.36 Å². The van der Waals surface area contributed by atoms with Crippen LogP contribution in [-0.2, 0) is 4.79 Å². The molecule has 0 N–H and O–H groups in total. The summed E-state index contributed by atoms with van der Waals surface area (Å²) in [5, 5.41) is 8.71. The molecule has 1 atom stereocenters. The summed E-state index contributed by atoms with van der Waals surface area (Å²) in [7, 11) is 0. The van der Waals surface area contributed by atoms with Gasteiger partial charge in [0.15, 0.2) is 11.6 Å². The van der Waals surface area contributed by atoms with Gasteiger partial charge in [0.1, 0.15) is 12.1 Å².